The van der Waals surface area contributed by atoms with Crippen molar-refractivity contribution in [3.63, 3.8) is 0 Å². The van der Waals surface area contributed by atoms with Gasteiger partial charge in [-0.15, -0.1) is 0 Å². The molecule has 1 aliphatic carbocycles. The minimum Gasteiger partial charge on any atom is -0.325 e. The Kier molecular flexibility index (Phi) is 4.79. The van der Waals surface area contributed by atoms with Crippen LogP contribution >= 0.6 is 0 Å². The Balaban J connectivity index is 1.47. The lowest BCUT2D eigenvalue weighted by atomic mass is 9.91. The second-order valence-electron chi connectivity index (χ2n) is 6.69. The Morgan fingerprint density at radius 2 is 1.91 bits per heavy atom. The lowest BCUT2D eigenvalue weighted by Gasteiger charge is -2.42. The summed E-state index contributed by atoms with van der Waals surface area (Å²) >= 11 is 0. The van der Waals surface area contributed by atoms with Crippen molar-refractivity contribution in [2.24, 2.45) is 0 Å². The molecule has 1 saturated heterocycles. The third kappa shape index (κ3) is 3.50. The van der Waals surface area contributed by atoms with Gasteiger partial charge in [-0.25, -0.2) is 0 Å². The van der Waals surface area contributed by atoms with Crippen LogP contribution in [-0.2, 0) is 4.79 Å². The lowest BCUT2D eigenvalue weighted by Crippen LogP contribution is -2.53. The van der Waals surface area contributed by atoms with Crippen molar-refractivity contribution in [2.45, 2.75) is 39.2 Å². The number of anilines is 1. The summed E-state index contributed by atoms with van der Waals surface area (Å²) in [6.07, 6.45) is 4.13. The van der Waals surface area contributed by atoms with E-state index in [1.807, 2.05) is 12.1 Å². The van der Waals surface area contributed by atoms with Crippen LogP contribution in [0.15, 0.2) is 18.2 Å². The summed E-state index contributed by atoms with van der Waals surface area (Å²) in [5.41, 5.74) is 3.32. The highest BCUT2D eigenvalue weighted by Crippen LogP contribution is 2.25. The van der Waals surface area contributed by atoms with Crippen LogP contribution in [0.1, 0.15) is 30.4 Å². The van der Waals surface area contributed by atoms with E-state index in [4.69, 9.17) is 0 Å². The normalized spacial score (nSPS) is 20.6. The third-order valence-electron chi connectivity index (χ3n) is 5.24. The summed E-state index contributed by atoms with van der Waals surface area (Å²) in [4.78, 5) is 17.1. The molecule has 1 amide bonds. The van der Waals surface area contributed by atoms with E-state index in [1.165, 1.54) is 24.8 Å². The molecule has 0 aromatic heterocycles. The van der Waals surface area contributed by atoms with Crippen molar-refractivity contribution < 1.29 is 4.79 Å². The number of carbonyl (C=O) groups excluding carboxylic acids is 1. The number of carbonyl (C=O) groups is 1. The first kappa shape index (κ1) is 15.5. The fourth-order valence-corrected chi connectivity index (χ4v) is 3.32. The van der Waals surface area contributed by atoms with E-state index in [0.717, 1.165) is 43.5 Å². The Bertz CT molecular complexity index is 531. The van der Waals surface area contributed by atoms with Crippen LogP contribution in [0.5, 0.6) is 0 Å². The molecule has 1 heterocycles. The zero-order valence-electron chi connectivity index (χ0n) is 13.8. The van der Waals surface area contributed by atoms with Gasteiger partial charge in [-0.2, -0.15) is 0 Å². The van der Waals surface area contributed by atoms with E-state index < -0.39 is 0 Å². The Morgan fingerprint density at radius 3 is 2.55 bits per heavy atom. The van der Waals surface area contributed by atoms with Gasteiger partial charge >= 0.3 is 0 Å². The number of nitrogens with one attached hydrogen (secondary N) is 1. The van der Waals surface area contributed by atoms with Crippen LogP contribution in [-0.4, -0.2) is 54.5 Å². The zero-order valence-corrected chi connectivity index (χ0v) is 13.8. The summed E-state index contributed by atoms with van der Waals surface area (Å²) in [6.45, 7) is 8.88. The number of benzene rings is 1. The van der Waals surface area contributed by atoms with Crippen LogP contribution in [0.3, 0.4) is 0 Å². The molecule has 1 N–H and O–H groups in total. The maximum absolute atomic E-state index is 12.3. The van der Waals surface area contributed by atoms with Crippen LogP contribution < -0.4 is 5.32 Å². The molecule has 0 bridgehead atoms. The molecule has 0 unspecified atom stereocenters. The highest BCUT2D eigenvalue weighted by molar-refractivity contribution is 5.93. The van der Waals surface area contributed by atoms with Crippen molar-refractivity contribution in [3.8, 4) is 0 Å². The molecule has 1 saturated carbocycles. The largest absolute Gasteiger partial charge is 0.325 e. The molecule has 4 nitrogen and oxygen atoms in total. The van der Waals surface area contributed by atoms with Gasteiger partial charge in [0.25, 0.3) is 0 Å². The maximum Gasteiger partial charge on any atom is 0.238 e. The van der Waals surface area contributed by atoms with E-state index >= 15 is 0 Å². The Morgan fingerprint density at radius 1 is 1.18 bits per heavy atom. The van der Waals surface area contributed by atoms with E-state index in [9.17, 15) is 4.79 Å². The highest BCUT2D eigenvalue weighted by atomic mass is 16.2. The van der Waals surface area contributed by atoms with Crippen molar-refractivity contribution >= 4 is 11.6 Å². The Hall–Kier alpha value is -1.39. The van der Waals surface area contributed by atoms with E-state index in [1.54, 1.807) is 0 Å². The molecule has 2 fully saturated rings. The molecular weight excluding hydrogens is 274 g/mol. The van der Waals surface area contributed by atoms with Gasteiger partial charge < -0.3 is 5.32 Å². The summed E-state index contributed by atoms with van der Waals surface area (Å²) in [7, 11) is 0. The molecule has 4 heteroatoms. The van der Waals surface area contributed by atoms with Gasteiger partial charge in [-0.1, -0.05) is 18.6 Å². The Labute approximate surface area is 133 Å². The first-order valence-electron chi connectivity index (χ1n) is 8.46. The van der Waals surface area contributed by atoms with Gasteiger partial charge in [0.15, 0.2) is 0 Å². The number of nitrogens with zero attached hydrogens (tertiary/aromatic N) is 2. The molecule has 3 rings (SSSR count). The van der Waals surface area contributed by atoms with Crippen molar-refractivity contribution in [3.05, 3.63) is 29.3 Å². The maximum atomic E-state index is 12.3. The van der Waals surface area contributed by atoms with E-state index in [2.05, 4.69) is 35.0 Å². The molecule has 1 aromatic rings. The fourth-order valence-electron chi connectivity index (χ4n) is 3.32. The molecule has 1 aliphatic heterocycles. The van der Waals surface area contributed by atoms with E-state index in [0.29, 0.717) is 6.54 Å². The van der Waals surface area contributed by atoms with Crippen molar-refractivity contribution in [1.29, 1.82) is 0 Å². The van der Waals surface area contributed by atoms with Gasteiger partial charge in [-0.05, 0) is 43.9 Å². The number of rotatable bonds is 4. The molecule has 0 spiro atoms. The van der Waals surface area contributed by atoms with E-state index in [-0.39, 0.29) is 5.91 Å². The zero-order chi connectivity index (χ0) is 15.5. The molecule has 0 atom stereocenters. The molecular formula is C18H27N3O. The van der Waals surface area contributed by atoms with Crippen molar-refractivity contribution in [2.75, 3.05) is 38.0 Å². The number of hydrogen-bond donors (Lipinski definition) is 1. The first-order chi connectivity index (χ1) is 10.6. The highest BCUT2D eigenvalue weighted by Gasteiger charge is 2.28. The van der Waals surface area contributed by atoms with Gasteiger partial charge in [0.1, 0.15) is 0 Å². The summed E-state index contributed by atoms with van der Waals surface area (Å²) in [6, 6.07) is 6.88. The van der Waals surface area contributed by atoms with Crippen molar-refractivity contribution in [1.82, 2.24) is 9.80 Å². The topological polar surface area (TPSA) is 35.6 Å². The summed E-state index contributed by atoms with van der Waals surface area (Å²) < 4.78 is 0. The molecule has 1 aromatic carbocycles. The third-order valence-corrected chi connectivity index (χ3v) is 5.24. The fraction of sp³-hybridized carbons (Fsp3) is 0.611. The standard InChI is InChI=1S/C18H27N3O/c1-14-5-3-8-17(15(14)2)19-18(22)13-20-9-11-21(12-10-20)16-6-4-7-16/h3,5,8,16H,4,6-7,9-13H2,1-2H3,(H,19,22). The van der Waals surface area contributed by atoms with Crippen LogP contribution in [0, 0.1) is 13.8 Å². The number of hydrogen-bond acceptors (Lipinski definition) is 3. The second kappa shape index (κ2) is 6.80. The summed E-state index contributed by atoms with van der Waals surface area (Å²) in [5.74, 6) is 0.103. The quantitative estimate of drug-likeness (QED) is 0.927. The average molecular weight is 301 g/mol. The molecule has 0 radical (unpaired) electrons. The monoisotopic (exact) mass is 301 g/mol. The smallest absolute Gasteiger partial charge is 0.238 e. The summed E-state index contributed by atoms with van der Waals surface area (Å²) in [5, 5.41) is 3.06. The second-order valence-corrected chi connectivity index (χ2v) is 6.69. The van der Waals surface area contributed by atoms with Crippen LogP contribution in [0.25, 0.3) is 0 Å². The number of aryl methyl sites for hydroxylation is 1. The van der Waals surface area contributed by atoms with Crippen LogP contribution in [0.4, 0.5) is 5.69 Å². The predicted octanol–water partition coefficient (Wildman–Crippen LogP) is 2.41. The van der Waals surface area contributed by atoms with Gasteiger partial charge in [0, 0.05) is 37.9 Å². The molecule has 22 heavy (non-hydrogen) atoms. The minimum absolute atomic E-state index is 0.103. The van der Waals surface area contributed by atoms with Gasteiger partial charge in [0.2, 0.25) is 5.91 Å². The average Bonchev–Trinajstić information content (AvgIpc) is 2.44. The molecule has 2 aliphatic rings. The number of amides is 1. The lowest BCUT2D eigenvalue weighted by molar-refractivity contribution is -0.117. The van der Waals surface area contributed by atoms with Gasteiger partial charge in [-0.3, -0.25) is 14.6 Å². The SMILES string of the molecule is Cc1cccc(NC(=O)CN2CCN(C3CCC3)CC2)c1C. The first-order valence-corrected chi connectivity index (χ1v) is 8.46. The van der Waals surface area contributed by atoms with Crippen LogP contribution in [0.2, 0.25) is 0 Å². The number of piperazine rings is 1. The van der Waals surface area contributed by atoms with Gasteiger partial charge in [0.05, 0.1) is 6.54 Å². The minimum atomic E-state index is 0.103. The molecule has 120 valence electrons. The predicted molar refractivity (Wildman–Crippen MR) is 90.2 cm³/mol.